The normalized spacial score (nSPS) is 9.61. The molecule has 0 atom stereocenters. The predicted molar refractivity (Wildman–Crippen MR) is 62.8 cm³/mol. The Morgan fingerprint density at radius 2 is 1.67 bits per heavy atom. The summed E-state index contributed by atoms with van der Waals surface area (Å²) in [5.74, 6) is -2.43. The molecular weight excluding hydrogens is 240 g/mol. The van der Waals surface area contributed by atoms with Gasteiger partial charge in [0.05, 0.1) is 13.2 Å². The molecule has 0 rings (SSSR count). The molecule has 1 N–H and O–H groups in total. The van der Waals surface area contributed by atoms with Crippen molar-refractivity contribution >= 4 is 17.9 Å². The largest absolute Gasteiger partial charge is 0.481 e. The fourth-order valence-corrected chi connectivity index (χ4v) is 1.11. The molecule has 18 heavy (non-hydrogen) atoms. The van der Waals surface area contributed by atoms with Gasteiger partial charge in [-0.25, -0.2) is 9.59 Å². The molecule has 0 fully saturated rings. The van der Waals surface area contributed by atoms with Crippen LogP contribution in [0.5, 0.6) is 0 Å². The van der Waals surface area contributed by atoms with Crippen LogP contribution in [0.2, 0.25) is 0 Å². The molecule has 0 aliphatic rings. The number of hydrogen-bond donors (Lipinski definition) is 1. The van der Waals surface area contributed by atoms with Gasteiger partial charge in [0.15, 0.2) is 0 Å². The van der Waals surface area contributed by atoms with Crippen molar-refractivity contribution < 1.29 is 29.0 Å². The lowest BCUT2D eigenvalue weighted by Crippen LogP contribution is -2.17. The van der Waals surface area contributed by atoms with Crippen LogP contribution in [0.4, 0.5) is 0 Å². The summed E-state index contributed by atoms with van der Waals surface area (Å²) in [4.78, 5) is 32.6. The minimum atomic E-state index is -0.845. The average molecular weight is 258 g/mol. The lowest BCUT2D eigenvalue weighted by molar-refractivity contribution is -0.147. The van der Waals surface area contributed by atoms with Crippen LogP contribution < -0.4 is 0 Å². The summed E-state index contributed by atoms with van der Waals surface area (Å²) in [6.07, 6.45) is 1.83. The van der Waals surface area contributed by atoms with Crippen molar-refractivity contribution in [1.29, 1.82) is 0 Å². The highest BCUT2D eigenvalue weighted by Crippen LogP contribution is 2.03. The molecule has 0 aromatic carbocycles. The second kappa shape index (κ2) is 9.21. The zero-order chi connectivity index (χ0) is 14.0. The first-order valence-electron chi connectivity index (χ1n) is 5.74. The van der Waals surface area contributed by atoms with Crippen molar-refractivity contribution in [3.8, 4) is 0 Å². The van der Waals surface area contributed by atoms with Crippen molar-refractivity contribution in [3.63, 3.8) is 0 Å². The molecule has 0 saturated carbocycles. The summed E-state index contributed by atoms with van der Waals surface area (Å²) in [6.45, 7) is 5.21. The van der Waals surface area contributed by atoms with E-state index in [-0.39, 0.29) is 25.2 Å². The molecule has 0 aromatic heterocycles. The molecule has 0 aliphatic heterocycles. The van der Waals surface area contributed by atoms with Crippen molar-refractivity contribution in [3.05, 3.63) is 12.2 Å². The van der Waals surface area contributed by atoms with E-state index in [1.807, 2.05) is 0 Å². The highest BCUT2D eigenvalue weighted by atomic mass is 16.6. The molecule has 0 unspecified atom stereocenters. The molecule has 6 nitrogen and oxygen atoms in total. The number of aliphatic carboxylic acids is 1. The van der Waals surface area contributed by atoms with Crippen LogP contribution in [-0.4, -0.2) is 36.2 Å². The Bertz CT molecular complexity index is 321. The topological polar surface area (TPSA) is 89.9 Å². The van der Waals surface area contributed by atoms with Gasteiger partial charge in [-0.3, -0.25) is 4.79 Å². The van der Waals surface area contributed by atoms with Gasteiger partial charge in [0.25, 0.3) is 0 Å². The standard InChI is InChI=1S/C12H18O6/c1-3-17-11(15)9(2)12(16)18-8-6-4-5-7-10(13)14/h2-8H2,1H3,(H,13,14). The minimum absolute atomic E-state index is 0.101. The number of carboxylic acid groups (broad SMARTS) is 1. The maximum absolute atomic E-state index is 11.3. The Morgan fingerprint density at radius 3 is 2.22 bits per heavy atom. The number of ether oxygens (including phenoxy) is 2. The summed E-state index contributed by atoms with van der Waals surface area (Å²) < 4.78 is 9.38. The third-order valence-electron chi connectivity index (χ3n) is 2.04. The number of esters is 2. The lowest BCUT2D eigenvalue weighted by Gasteiger charge is -2.06. The van der Waals surface area contributed by atoms with Crippen LogP contribution in [0.1, 0.15) is 32.6 Å². The number of carboxylic acids is 1. The van der Waals surface area contributed by atoms with Crippen LogP contribution in [-0.2, 0) is 23.9 Å². The summed E-state index contributed by atoms with van der Waals surface area (Å²) in [7, 11) is 0. The van der Waals surface area contributed by atoms with E-state index < -0.39 is 17.9 Å². The molecule has 0 heterocycles. The summed E-state index contributed by atoms with van der Waals surface area (Å²) in [6, 6.07) is 0. The summed E-state index contributed by atoms with van der Waals surface area (Å²) in [5, 5.41) is 8.39. The van der Waals surface area contributed by atoms with E-state index in [4.69, 9.17) is 9.84 Å². The van der Waals surface area contributed by atoms with Crippen molar-refractivity contribution in [2.75, 3.05) is 13.2 Å². The summed E-state index contributed by atoms with van der Waals surface area (Å²) >= 11 is 0. The van der Waals surface area contributed by atoms with E-state index in [2.05, 4.69) is 11.3 Å². The predicted octanol–water partition coefficient (Wildman–Crippen LogP) is 1.29. The van der Waals surface area contributed by atoms with Gasteiger partial charge in [-0.05, 0) is 26.2 Å². The van der Waals surface area contributed by atoms with Crippen LogP contribution >= 0.6 is 0 Å². The maximum Gasteiger partial charge on any atom is 0.344 e. The van der Waals surface area contributed by atoms with Crippen LogP contribution in [0.25, 0.3) is 0 Å². The minimum Gasteiger partial charge on any atom is -0.481 e. The Labute approximate surface area is 106 Å². The van der Waals surface area contributed by atoms with Crippen LogP contribution in [0, 0.1) is 0 Å². The number of carbonyl (C=O) groups excluding carboxylic acids is 2. The lowest BCUT2D eigenvalue weighted by atomic mass is 10.2. The summed E-state index contributed by atoms with van der Waals surface area (Å²) in [5.41, 5.74) is -0.331. The number of unbranched alkanes of at least 4 members (excludes halogenated alkanes) is 2. The van der Waals surface area contributed by atoms with E-state index in [0.717, 1.165) is 0 Å². The Hall–Kier alpha value is -1.85. The van der Waals surface area contributed by atoms with Crippen molar-refractivity contribution in [2.45, 2.75) is 32.6 Å². The first kappa shape index (κ1) is 16.1. The van der Waals surface area contributed by atoms with Gasteiger partial charge in [0, 0.05) is 6.42 Å². The van der Waals surface area contributed by atoms with Gasteiger partial charge in [-0.1, -0.05) is 6.58 Å². The van der Waals surface area contributed by atoms with Crippen LogP contribution in [0.15, 0.2) is 12.2 Å². The first-order chi connectivity index (χ1) is 8.49. The molecule has 0 aliphatic carbocycles. The second-order valence-corrected chi connectivity index (χ2v) is 3.54. The fraction of sp³-hybridized carbons (Fsp3) is 0.583. The van der Waals surface area contributed by atoms with E-state index in [9.17, 15) is 14.4 Å². The molecule has 0 bridgehead atoms. The SMILES string of the molecule is C=C(C(=O)OCC)C(=O)OCCCCCC(=O)O. The zero-order valence-corrected chi connectivity index (χ0v) is 10.4. The van der Waals surface area contributed by atoms with E-state index >= 15 is 0 Å². The number of hydrogen-bond acceptors (Lipinski definition) is 5. The van der Waals surface area contributed by atoms with E-state index in [1.165, 1.54) is 0 Å². The van der Waals surface area contributed by atoms with E-state index in [0.29, 0.717) is 19.3 Å². The fourth-order valence-electron chi connectivity index (χ4n) is 1.11. The smallest absolute Gasteiger partial charge is 0.344 e. The van der Waals surface area contributed by atoms with Gasteiger partial charge < -0.3 is 14.6 Å². The third kappa shape index (κ3) is 7.43. The van der Waals surface area contributed by atoms with Gasteiger partial charge >= 0.3 is 17.9 Å². The van der Waals surface area contributed by atoms with Gasteiger partial charge in [0.2, 0.25) is 0 Å². The third-order valence-corrected chi connectivity index (χ3v) is 2.04. The number of carbonyl (C=O) groups is 3. The quantitative estimate of drug-likeness (QED) is 0.220. The van der Waals surface area contributed by atoms with Crippen LogP contribution in [0.3, 0.4) is 0 Å². The monoisotopic (exact) mass is 258 g/mol. The molecule has 0 radical (unpaired) electrons. The average Bonchev–Trinajstić information content (AvgIpc) is 2.32. The first-order valence-corrected chi connectivity index (χ1v) is 5.74. The Morgan fingerprint density at radius 1 is 1.06 bits per heavy atom. The Balaban J connectivity index is 3.67. The van der Waals surface area contributed by atoms with Crippen molar-refractivity contribution in [2.24, 2.45) is 0 Å². The van der Waals surface area contributed by atoms with Gasteiger partial charge in [-0.15, -0.1) is 0 Å². The maximum atomic E-state index is 11.3. The molecule has 6 heteroatoms. The van der Waals surface area contributed by atoms with Gasteiger partial charge in [0.1, 0.15) is 5.57 Å². The zero-order valence-electron chi connectivity index (χ0n) is 10.4. The van der Waals surface area contributed by atoms with Gasteiger partial charge in [-0.2, -0.15) is 0 Å². The highest BCUT2D eigenvalue weighted by Gasteiger charge is 2.17. The molecular formula is C12H18O6. The molecule has 0 amide bonds. The molecule has 0 aromatic rings. The number of rotatable bonds is 9. The molecule has 0 spiro atoms. The molecule has 0 saturated heterocycles. The van der Waals surface area contributed by atoms with Crippen molar-refractivity contribution in [1.82, 2.24) is 0 Å². The Kier molecular flexibility index (Phi) is 8.26. The molecule has 102 valence electrons. The highest BCUT2D eigenvalue weighted by molar-refractivity contribution is 6.13. The second-order valence-electron chi connectivity index (χ2n) is 3.54. The van der Waals surface area contributed by atoms with E-state index in [1.54, 1.807) is 6.92 Å².